The van der Waals surface area contributed by atoms with Gasteiger partial charge in [0.2, 0.25) is 5.95 Å². The summed E-state index contributed by atoms with van der Waals surface area (Å²) in [5.74, 6) is 0.953. The van der Waals surface area contributed by atoms with Crippen LogP contribution in [0.5, 0.6) is 0 Å². The van der Waals surface area contributed by atoms with Crippen molar-refractivity contribution in [1.29, 1.82) is 0 Å². The number of aromatic nitrogens is 3. The van der Waals surface area contributed by atoms with Gasteiger partial charge < -0.3 is 19.8 Å². The number of carbonyl (C=O) groups is 1. The zero-order chi connectivity index (χ0) is 18.2. The van der Waals surface area contributed by atoms with Gasteiger partial charge in [-0.2, -0.15) is 0 Å². The number of amides is 1. The highest BCUT2D eigenvalue weighted by atomic mass is 16.2. The maximum Gasteiger partial charge on any atom is 0.270 e. The summed E-state index contributed by atoms with van der Waals surface area (Å²) in [6.45, 7) is 3.10. The number of hydrogen-bond acceptors (Lipinski definition) is 3. The van der Waals surface area contributed by atoms with Crippen LogP contribution < -0.4 is 4.90 Å². The summed E-state index contributed by atoms with van der Waals surface area (Å²) in [7, 11) is 0. The molecule has 2 N–H and O–H groups in total. The minimum absolute atomic E-state index is 0.0673. The van der Waals surface area contributed by atoms with Gasteiger partial charge >= 0.3 is 0 Å². The Morgan fingerprint density at radius 1 is 0.889 bits per heavy atom. The van der Waals surface area contributed by atoms with E-state index in [1.165, 1.54) is 0 Å². The van der Waals surface area contributed by atoms with Crippen LogP contribution >= 0.6 is 0 Å². The van der Waals surface area contributed by atoms with E-state index in [0.29, 0.717) is 12.2 Å². The zero-order valence-electron chi connectivity index (χ0n) is 15.0. The summed E-state index contributed by atoms with van der Waals surface area (Å²) in [6, 6.07) is 18.0. The normalized spacial score (nSPS) is 15.4. The average Bonchev–Trinajstić information content (AvgIpc) is 3.24. The number of nitrogens with one attached hydrogen (secondary N) is 2. The Hall–Kier alpha value is -3.28. The third-order valence-electron chi connectivity index (χ3n) is 5.22. The Labute approximate surface area is 156 Å². The van der Waals surface area contributed by atoms with Crippen molar-refractivity contribution in [1.82, 2.24) is 19.9 Å². The second kappa shape index (κ2) is 6.46. The molecule has 27 heavy (non-hydrogen) atoms. The van der Waals surface area contributed by atoms with Crippen molar-refractivity contribution in [3.8, 4) is 0 Å². The Balaban J connectivity index is 1.33. The number of anilines is 1. The van der Waals surface area contributed by atoms with Gasteiger partial charge in [-0.1, -0.05) is 30.3 Å². The molecule has 3 heterocycles. The van der Waals surface area contributed by atoms with Crippen molar-refractivity contribution in [2.24, 2.45) is 0 Å². The Morgan fingerprint density at radius 2 is 1.70 bits per heavy atom. The molecular weight excluding hydrogens is 338 g/mol. The molecule has 0 bridgehead atoms. The summed E-state index contributed by atoms with van der Waals surface area (Å²) in [4.78, 5) is 28.5. The van der Waals surface area contributed by atoms with E-state index in [9.17, 15) is 4.79 Å². The Morgan fingerprint density at radius 3 is 2.56 bits per heavy atom. The number of imidazole rings is 1. The van der Waals surface area contributed by atoms with Gasteiger partial charge in [-0.15, -0.1) is 0 Å². The van der Waals surface area contributed by atoms with Gasteiger partial charge in [-0.25, -0.2) is 4.98 Å². The summed E-state index contributed by atoms with van der Waals surface area (Å²) >= 11 is 0. The molecule has 5 rings (SSSR count). The van der Waals surface area contributed by atoms with Gasteiger partial charge in [-0.05, 0) is 30.7 Å². The minimum Gasteiger partial charge on any atom is -0.351 e. The third kappa shape index (κ3) is 2.93. The maximum absolute atomic E-state index is 13.0. The summed E-state index contributed by atoms with van der Waals surface area (Å²) in [6.07, 6.45) is 0.920. The van der Waals surface area contributed by atoms with E-state index in [4.69, 9.17) is 4.98 Å². The van der Waals surface area contributed by atoms with Crippen molar-refractivity contribution in [3.63, 3.8) is 0 Å². The lowest BCUT2D eigenvalue weighted by Gasteiger charge is -2.21. The fourth-order valence-corrected chi connectivity index (χ4v) is 3.78. The number of fused-ring (bicyclic) bond motifs is 2. The summed E-state index contributed by atoms with van der Waals surface area (Å²) < 4.78 is 0. The van der Waals surface area contributed by atoms with Crippen molar-refractivity contribution in [3.05, 3.63) is 60.3 Å². The number of aromatic amines is 2. The molecule has 1 aliphatic rings. The number of H-pyrrole nitrogens is 2. The standard InChI is InChI=1S/C21H21N5O/c27-20(19-14-15-6-1-2-7-16(15)22-19)25-10-5-11-26(13-12-25)21-23-17-8-3-4-9-18(17)24-21/h1-4,6-9,14,22H,5,10-13H2,(H,23,24). The second-order valence-corrected chi connectivity index (χ2v) is 6.98. The first-order valence-corrected chi connectivity index (χ1v) is 9.35. The fraction of sp³-hybridized carbons (Fsp3) is 0.238. The van der Waals surface area contributed by atoms with Gasteiger partial charge in [0.1, 0.15) is 5.69 Å². The molecule has 0 aliphatic carbocycles. The predicted molar refractivity (Wildman–Crippen MR) is 107 cm³/mol. The molecule has 2 aromatic heterocycles. The molecule has 1 saturated heterocycles. The predicted octanol–water partition coefficient (Wildman–Crippen LogP) is 3.40. The third-order valence-corrected chi connectivity index (χ3v) is 5.22. The summed E-state index contributed by atoms with van der Waals surface area (Å²) in [5, 5.41) is 1.07. The van der Waals surface area contributed by atoms with E-state index < -0.39 is 0 Å². The van der Waals surface area contributed by atoms with E-state index in [1.54, 1.807) is 0 Å². The van der Waals surface area contributed by atoms with Crippen LogP contribution in [0.4, 0.5) is 5.95 Å². The first-order chi connectivity index (χ1) is 13.3. The van der Waals surface area contributed by atoms with Gasteiger partial charge in [0.15, 0.2) is 0 Å². The number of benzene rings is 2. The van der Waals surface area contributed by atoms with E-state index in [-0.39, 0.29) is 5.91 Å². The molecule has 1 fully saturated rings. The van der Waals surface area contributed by atoms with Gasteiger partial charge in [0, 0.05) is 37.1 Å². The second-order valence-electron chi connectivity index (χ2n) is 6.98. The lowest BCUT2D eigenvalue weighted by molar-refractivity contribution is 0.0762. The van der Waals surface area contributed by atoms with Crippen LogP contribution in [-0.4, -0.2) is 51.9 Å². The molecule has 2 aromatic carbocycles. The monoisotopic (exact) mass is 359 g/mol. The van der Waals surface area contributed by atoms with Crippen LogP contribution in [0.1, 0.15) is 16.9 Å². The number of carbonyl (C=O) groups excluding carboxylic acids is 1. The lowest BCUT2D eigenvalue weighted by Crippen LogP contribution is -2.35. The van der Waals surface area contributed by atoms with Gasteiger partial charge in [-0.3, -0.25) is 4.79 Å². The highest BCUT2D eigenvalue weighted by Gasteiger charge is 2.23. The van der Waals surface area contributed by atoms with Crippen LogP contribution in [0.25, 0.3) is 21.9 Å². The molecule has 0 atom stereocenters. The highest BCUT2D eigenvalue weighted by Crippen LogP contribution is 2.20. The molecule has 0 spiro atoms. The van der Waals surface area contributed by atoms with Crippen LogP contribution in [0, 0.1) is 0 Å². The van der Waals surface area contributed by atoms with Gasteiger partial charge in [0.05, 0.1) is 11.0 Å². The molecule has 0 unspecified atom stereocenters. The molecule has 4 aromatic rings. The molecular formula is C21H21N5O. The highest BCUT2D eigenvalue weighted by molar-refractivity contribution is 5.98. The van der Waals surface area contributed by atoms with Crippen LogP contribution in [0.3, 0.4) is 0 Å². The smallest absolute Gasteiger partial charge is 0.270 e. The average molecular weight is 359 g/mol. The van der Waals surface area contributed by atoms with Crippen molar-refractivity contribution < 1.29 is 4.79 Å². The lowest BCUT2D eigenvalue weighted by atomic mass is 10.2. The quantitative estimate of drug-likeness (QED) is 0.576. The Kier molecular flexibility index (Phi) is 3.81. The largest absolute Gasteiger partial charge is 0.351 e. The molecule has 0 radical (unpaired) electrons. The van der Waals surface area contributed by atoms with E-state index in [1.807, 2.05) is 59.5 Å². The molecule has 0 saturated carbocycles. The number of hydrogen-bond donors (Lipinski definition) is 2. The van der Waals surface area contributed by atoms with Crippen LogP contribution in [-0.2, 0) is 0 Å². The van der Waals surface area contributed by atoms with Crippen molar-refractivity contribution in [2.75, 3.05) is 31.1 Å². The molecule has 6 nitrogen and oxygen atoms in total. The van der Waals surface area contributed by atoms with E-state index in [0.717, 1.165) is 53.9 Å². The van der Waals surface area contributed by atoms with Crippen molar-refractivity contribution >= 4 is 33.8 Å². The minimum atomic E-state index is 0.0673. The number of para-hydroxylation sites is 3. The van der Waals surface area contributed by atoms with Gasteiger partial charge in [0.25, 0.3) is 5.91 Å². The SMILES string of the molecule is O=C(c1cc2ccccc2[nH]1)N1CCCN(c2nc3ccccc3[nH]2)CC1. The fourth-order valence-electron chi connectivity index (χ4n) is 3.78. The van der Waals surface area contributed by atoms with Crippen LogP contribution in [0.15, 0.2) is 54.6 Å². The van der Waals surface area contributed by atoms with E-state index >= 15 is 0 Å². The van der Waals surface area contributed by atoms with Crippen molar-refractivity contribution in [2.45, 2.75) is 6.42 Å². The number of rotatable bonds is 2. The molecule has 6 heteroatoms. The zero-order valence-corrected chi connectivity index (χ0v) is 15.0. The number of nitrogens with zero attached hydrogens (tertiary/aromatic N) is 3. The molecule has 1 aliphatic heterocycles. The topological polar surface area (TPSA) is 68.0 Å². The summed E-state index contributed by atoms with van der Waals surface area (Å²) in [5.41, 5.74) is 3.68. The first kappa shape index (κ1) is 15.9. The maximum atomic E-state index is 13.0. The van der Waals surface area contributed by atoms with Crippen LogP contribution in [0.2, 0.25) is 0 Å². The Bertz CT molecular complexity index is 1050. The molecule has 136 valence electrons. The molecule has 1 amide bonds. The van der Waals surface area contributed by atoms with E-state index in [2.05, 4.69) is 14.9 Å². The first-order valence-electron chi connectivity index (χ1n) is 9.35.